The molecule has 1 fully saturated rings. The number of amides is 1. The molecule has 23 heavy (non-hydrogen) atoms. The summed E-state index contributed by atoms with van der Waals surface area (Å²) in [5, 5.41) is 6.07. The lowest BCUT2D eigenvalue weighted by molar-refractivity contribution is 0.0935. The van der Waals surface area contributed by atoms with Crippen molar-refractivity contribution in [1.29, 1.82) is 0 Å². The highest BCUT2D eigenvalue weighted by Gasteiger charge is 2.26. The molecular formula is C15H16N6O2. The summed E-state index contributed by atoms with van der Waals surface area (Å²) in [6, 6.07) is 3.47. The molecule has 1 atom stereocenters. The molecule has 0 aliphatic carbocycles. The van der Waals surface area contributed by atoms with Gasteiger partial charge in [-0.2, -0.15) is 0 Å². The van der Waals surface area contributed by atoms with E-state index in [1.165, 1.54) is 0 Å². The van der Waals surface area contributed by atoms with Gasteiger partial charge in [-0.05, 0) is 12.1 Å². The van der Waals surface area contributed by atoms with E-state index >= 15 is 0 Å². The van der Waals surface area contributed by atoms with Crippen LogP contribution in [0.5, 0.6) is 0 Å². The van der Waals surface area contributed by atoms with Gasteiger partial charge in [-0.25, -0.2) is 15.0 Å². The van der Waals surface area contributed by atoms with E-state index in [0.717, 1.165) is 18.7 Å². The number of nitrogens with zero attached hydrogens (tertiary/aromatic N) is 4. The first-order chi connectivity index (χ1) is 11.3. The monoisotopic (exact) mass is 312 g/mol. The molecule has 8 heteroatoms. The molecule has 0 radical (unpaired) electrons. The smallest absolute Gasteiger partial charge is 0.256 e. The molecule has 2 aromatic heterocycles. The number of carbonyl (C=O) groups is 1. The molecule has 4 heterocycles. The lowest BCUT2D eigenvalue weighted by atomic mass is 10.1. The van der Waals surface area contributed by atoms with E-state index in [9.17, 15) is 4.79 Å². The van der Waals surface area contributed by atoms with E-state index in [1.807, 2.05) is 0 Å². The van der Waals surface area contributed by atoms with Crippen molar-refractivity contribution in [3.05, 3.63) is 41.9 Å². The molecule has 1 amide bonds. The number of rotatable bonds is 2. The van der Waals surface area contributed by atoms with E-state index in [-0.39, 0.29) is 12.1 Å². The normalized spacial score (nSPS) is 20.4. The zero-order valence-corrected chi connectivity index (χ0v) is 12.4. The molecule has 4 rings (SSSR count). The standard InChI is InChI=1S/C15H16N6O2/c22-14-11-2-1-3-16-13(11)19-12(20-14)10-8-17-15(18-9-10)21-4-6-23-7-5-21/h1-3,8-9,12H,4-7H2,(H,16,19)(H,20,22). The SMILES string of the molecule is O=C1NC(c2cnc(N3CCOCC3)nc2)Nc2ncccc21. The van der Waals surface area contributed by atoms with Crippen LogP contribution in [0, 0.1) is 0 Å². The summed E-state index contributed by atoms with van der Waals surface area (Å²) in [7, 11) is 0. The van der Waals surface area contributed by atoms with Crippen LogP contribution in [0.2, 0.25) is 0 Å². The van der Waals surface area contributed by atoms with Crippen LogP contribution in [0.3, 0.4) is 0 Å². The van der Waals surface area contributed by atoms with Gasteiger partial charge in [-0.15, -0.1) is 0 Å². The summed E-state index contributed by atoms with van der Waals surface area (Å²) in [5.41, 5.74) is 1.32. The van der Waals surface area contributed by atoms with Crippen molar-refractivity contribution < 1.29 is 9.53 Å². The number of aromatic nitrogens is 3. The predicted octanol–water partition coefficient (Wildman–Crippen LogP) is 0.562. The summed E-state index contributed by atoms with van der Waals surface area (Å²) in [4.78, 5) is 27.2. The van der Waals surface area contributed by atoms with Crippen molar-refractivity contribution in [3.63, 3.8) is 0 Å². The quantitative estimate of drug-likeness (QED) is 0.837. The van der Waals surface area contributed by atoms with E-state index < -0.39 is 0 Å². The second kappa shape index (κ2) is 5.81. The Balaban J connectivity index is 1.54. The number of nitrogens with one attached hydrogen (secondary N) is 2. The molecule has 0 spiro atoms. The van der Waals surface area contributed by atoms with Crippen LogP contribution in [0.25, 0.3) is 0 Å². The lowest BCUT2D eigenvalue weighted by Crippen LogP contribution is -2.39. The fraction of sp³-hybridized carbons (Fsp3) is 0.333. The summed E-state index contributed by atoms with van der Waals surface area (Å²) in [6.07, 6.45) is 4.72. The molecule has 1 saturated heterocycles. The van der Waals surface area contributed by atoms with Crippen LogP contribution < -0.4 is 15.5 Å². The van der Waals surface area contributed by atoms with Crippen LogP contribution >= 0.6 is 0 Å². The van der Waals surface area contributed by atoms with Gasteiger partial charge >= 0.3 is 0 Å². The first kappa shape index (κ1) is 13.9. The summed E-state index contributed by atoms with van der Waals surface area (Å²) in [6.45, 7) is 2.95. The Morgan fingerprint density at radius 3 is 2.70 bits per heavy atom. The number of morpholine rings is 1. The molecule has 0 saturated carbocycles. The number of hydrogen-bond donors (Lipinski definition) is 2. The van der Waals surface area contributed by atoms with Crippen LogP contribution in [-0.2, 0) is 4.74 Å². The molecule has 2 aliphatic heterocycles. The average molecular weight is 312 g/mol. The molecule has 2 aliphatic rings. The van der Waals surface area contributed by atoms with Crippen molar-refractivity contribution >= 4 is 17.7 Å². The Labute approximate surface area is 132 Å². The van der Waals surface area contributed by atoms with Crippen LogP contribution in [-0.4, -0.2) is 47.2 Å². The zero-order valence-electron chi connectivity index (χ0n) is 12.4. The topological polar surface area (TPSA) is 92.3 Å². The number of ether oxygens (including phenoxy) is 1. The highest BCUT2D eigenvalue weighted by molar-refractivity contribution is 6.00. The Hall–Kier alpha value is -2.74. The maximum atomic E-state index is 12.1. The van der Waals surface area contributed by atoms with E-state index in [1.54, 1.807) is 30.7 Å². The number of anilines is 2. The molecular weight excluding hydrogens is 296 g/mol. The van der Waals surface area contributed by atoms with Crippen LogP contribution in [0.15, 0.2) is 30.7 Å². The Morgan fingerprint density at radius 1 is 1.13 bits per heavy atom. The fourth-order valence-corrected chi connectivity index (χ4v) is 2.66. The highest BCUT2D eigenvalue weighted by atomic mass is 16.5. The number of carbonyl (C=O) groups excluding carboxylic acids is 1. The van der Waals surface area contributed by atoms with Gasteiger partial charge in [0.1, 0.15) is 12.0 Å². The molecule has 2 aromatic rings. The number of fused-ring (bicyclic) bond motifs is 1. The third-order valence-corrected chi connectivity index (χ3v) is 3.89. The fourth-order valence-electron chi connectivity index (χ4n) is 2.66. The van der Waals surface area contributed by atoms with Gasteiger partial charge in [0.05, 0.1) is 18.8 Å². The average Bonchev–Trinajstić information content (AvgIpc) is 2.63. The first-order valence-corrected chi connectivity index (χ1v) is 7.48. The van der Waals surface area contributed by atoms with E-state index in [0.29, 0.717) is 30.5 Å². The molecule has 1 unspecified atom stereocenters. The summed E-state index contributed by atoms with van der Waals surface area (Å²) < 4.78 is 5.32. The van der Waals surface area contributed by atoms with Gasteiger partial charge in [-0.3, -0.25) is 4.79 Å². The Kier molecular flexibility index (Phi) is 3.51. The van der Waals surface area contributed by atoms with Crippen molar-refractivity contribution in [3.8, 4) is 0 Å². The van der Waals surface area contributed by atoms with Crippen LogP contribution in [0.4, 0.5) is 11.8 Å². The van der Waals surface area contributed by atoms with Crippen molar-refractivity contribution in [2.75, 3.05) is 36.5 Å². The number of pyridine rings is 1. The largest absolute Gasteiger partial charge is 0.378 e. The van der Waals surface area contributed by atoms with E-state index in [2.05, 4.69) is 30.5 Å². The molecule has 0 bridgehead atoms. The predicted molar refractivity (Wildman–Crippen MR) is 83.1 cm³/mol. The van der Waals surface area contributed by atoms with Gasteiger partial charge in [0.2, 0.25) is 5.95 Å². The zero-order chi connectivity index (χ0) is 15.6. The van der Waals surface area contributed by atoms with Crippen LogP contribution in [0.1, 0.15) is 22.1 Å². The summed E-state index contributed by atoms with van der Waals surface area (Å²) >= 11 is 0. The van der Waals surface area contributed by atoms with Crippen molar-refractivity contribution in [1.82, 2.24) is 20.3 Å². The maximum Gasteiger partial charge on any atom is 0.256 e. The number of hydrogen-bond acceptors (Lipinski definition) is 7. The van der Waals surface area contributed by atoms with Crippen molar-refractivity contribution in [2.24, 2.45) is 0 Å². The minimum absolute atomic E-state index is 0.158. The highest BCUT2D eigenvalue weighted by Crippen LogP contribution is 2.24. The minimum Gasteiger partial charge on any atom is -0.378 e. The first-order valence-electron chi connectivity index (χ1n) is 7.48. The second-order valence-corrected chi connectivity index (χ2v) is 5.37. The summed E-state index contributed by atoms with van der Waals surface area (Å²) in [5.74, 6) is 1.09. The Bertz CT molecular complexity index is 714. The third kappa shape index (κ3) is 2.68. The molecule has 118 valence electrons. The molecule has 2 N–H and O–H groups in total. The minimum atomic E-state index is -0.386. The molecule has 0 aromatic carbocycles. The third-order valence-electron chi connectivity index (χ3n) is 3.89. The second-order valence-electron chi connectivity index (χ2n) is 5.37. The van der Waals surface area contributed by atoms with Gasteiger partial charge in [-0.1, -0.05) is 0 Å². The Morgan fingerprint density at radius 2 is 1.91 bits per heavy atom. The van der Waals surface area contributed by atoms with Gasteiger partial charge in [0.15, 0.2) is 0 Å². The van der Waals surface area contributed by atoms with E-state index in [4.69, 9.17) is 4.74 Å². The molecule has 8 nitrogen and oxygen atoms in total. The van der Waals surface area contributed by atoms with Gasteiger partial charge in [0, 0.05) is 37.2 Å². The lowest BCUT2D eigenvalue weighted by Gasteiger charge is -2.28. The van der Waals surface area contributed by atoms with Crippen molar-refractivity contribution in [2.45, 2.75) is 6.17 Å². The van der Waals surface area contributed by atoms with Gasteiger partial charge < -0.3 is 20.3 Å². The van der Waals surface area contributed by atoms with Gasteiger partial charge in [0.25, 0.3) is 5.91 Å². The maximum absolute atomic E-state index is 12.1.